The number of nitrogens with zero attached hydrogens (tertiary/aromatic N) is 1. The van der Waals surface area contributed by atoms with Crippen LogP contribution in [-0.2, 0) is 0 Å². The first-order chi connectivity index (χ1) is 7.59. The lowest BCUT2D eigenvalue weighted by atomic mass is 10.1. The smallest absolute Gasteiger partial charge is 0.141 e. The van der Waals surface area contributed by atoms with Gasteiger partial charge in [-0.05, 0) is 24.3 Å². The van der Waals surface area contributed by atoms with Crippen molar-refractivity contribution >= 4 is 34.8 Å². The Morgan fingerprint density at radius 2 is 1.69 bits per heavy atom. The van der Waals surface area contributed by atoms with Crippen LogP contribution in [0.1, 0.15) is 0 Å². The van der Waals surface area contributed by atoms with Crippen molar-refractivity contribution in [2.24, 2.45) is 0 Å². The first kappa shape index (κ1) is 11.6. The van der Waals surface area contributed by atoms with Crippen molar-refractivity contribution in [2.75, 3.05) is 0 Å². The van der Waals surface area contributed by atoms with Gasteiger partial charge in [0.2, 0.25) is 0 Å². The van der Waals surface area contributed by atoms with E-state index in [0.717, 1.165) is 6.20 Å². The molecule has 0 saturated heterocycles. The maximum Gasteiger partial charge on any atom is 0.141 e. The van der Waals surface area contributed by atoms with Gasteiger partial charge in [-0.1, -0.05) is 34.8 Å². The monoisotopic (exact) mass is 275 g/mol. The van der Waals surface area contributed by atoms with E-state index in [1.165, 1.54) is 12.1 Å². The van der Waals surface area contributed by atoms with E-state index in [9.17, 15) is 4.39 Å². The maximum atomic E-state index is 12.7. The lowest BCUT2D eigenvalue weighted by Gasteiger charge is -2.06. The summed E-state index contributed by atoms with van der Waals surface area (Å²) in [5, 5.41) is 0.956. The molecule has 0 N–H and O–H groups in total. The molecule has 0 fully saturated rings. The molecule has 0 radical (unpaired) electrons. The zero-order chi connectivity index (χ0) is 11.7. The van der Waals surface area contributed by atoms with Crippen molar-refractivity contribution in [3.63, 3.8) is 0 Å². The fourth-order valence-corrected chi connectivity index (χ4v) is 1.89. The average molecular weight is 277 g/mol. The molecule has 0 unspecified atom stereocenters. The number of benzene rings is 1. The van der Waals surface area contributed by atoms with Crippen LogP contribution < -0.4 is 0 Å². The summed E-state index contributed by atoms with van der Waals surface area (Å²) in [5.74, 6) is -0.403. The predicted molar refractivity (Wildman–Crippen MR) is 64.7 cm³/mol. The molecule has 2 aromatic rings. The average Bonchev–Trinajstić information content (AvgIpc) is 2.28. The zero-order valence-electron chi connectivity index (χ0n) is 7.85. The number of hydrogen-bond donors (Lipinski definition) is 0. The molecule has 16 heavy (non-hydrogen) atoms. The Balaban J connectivity index is 2.57. The van der Waals surface area contributed by atoms with E-state index < -0.39 is 5.82 Å². The second kappa shape index (κ2) is 4.58. The van der Waals surface area contributed by atoms with E-state index in [4.69, 9.17) is 34.8 Å². The summed E-state index contributed by atoms with van der Waals surface area (Å²) in [5.41, 5.74) is 1.17. The topological polar surface area (TPSA) is 12.9 Å². The van der Waals surface area contributed by atoms with Crippen molar-refractivity contribution in [3.8, 4) is 11.3 Å². The summed E-state index contributed by atoms with van der Waals surface area (Å²) in [4.78, 5) is 3.92. The van der Waals surface area contributed by atoms with Gasteiger partial charge in [-0.15, -0.1) is 0 Å². The summed E-state index contributed by atoms with van der Waals surface area (Å²) >= 11 is 17.7. The third-order valence-corrected chi connectivity index (χ3v) is 3.33. The van der Waals surface area contributed by atoms with Gasteiger partial charge in [0.15, 0.2) is 0 Å². The molecule has 0 aliphatic rings. The van der Waals surface area contributed by atoms with Crippen molar-refractivity contribution in [3.05, 3.63) is 51.3 Å². The van der Waals surface area contributed by atoms with Gasteiger partial charge in [0.05, 0.1) is 27.0 Å². The summed E-state index contributed by atoms with van der Waals surface area (Å²) < 4.78 is 12.7. The molecule has 5 heteroatoms. The van der Waals surface area contributed by atoms with Gasteiger partial charge < -0.3 is 0 Å². The number of pyridine rings is 1. The Labute approximate surface area is 107 Å². The third-order valence-electron chi connectivity index (χ3n) is 2.04. The molecular formula is C11H5Cl3FN. The fraction of sp³-hybridized carbons (Fsp3) is 0. The predicted octanol–water partition coefficient (Wildman–Crippen LogP) is 4.85. The Bertz CT molecular complexity index is 525. The Morgan fingerprint density at radius 1 is 0.938 bits per heavy atom. The minimum absolute atomic E-state index is 0.270. The Kier molecular flexibility index (Phi) is 3.33. The second-order valence-electron chi connectivity index (χ2n) is 3.08. The molecular weight excluding hydrogens is 271 g/mol. The van der Waals surface area contributed by atoms with Gasteiger partial charge in [-0.2, -0.15) is 0 Å². The summed E-state index contributed by atoms with van der Waals surface area (Å²) in [6.45, 7) is 0. The zero-order valence-corrected chi connectivity index (χ0v) is 10.1. The van der Waals surface area contributed by atoms with Crippen LogP contribution in [0.3, 0.4) is 0 Å². The highest BCUT2D eigenvalue weighted by molar-refractivity contribution is 6.49. The van der Waals surface area contributed by atoms with Crippen LogP contribution >= 0.6 is 34.8 Å². The highest BCUT2D eigenvalue weighted by atomic mass is 35.5. The highest BCUT2D eigenvalue weighted by Gasteiger charge is 2.11. The van der Waals surface area contributed by atoms with Crippen LogP contribution in [0.5, 0.6) is 0 Å². The van der Waals surface area contributed by atoms with E-state index in [2.05, 4.69) is 4.98 Å². The van der Waals surface area contributed by atoms with Crippen molar-refractivity contribution in [1.29, 1.82) is 0 Å². The van der Waals surface area contributed by atoms with E-state index in [0.29, 0.717) is 21.3 Å². The molecule has 1 aromatic heterocycles. The molecule has 1 aromatic carbocycles. The molecule has 1 nitrogen and oxygen atoms in total. The number of aromatic nitrogens is 1. The summed E-state index contributed by atoms with van der Waals surface area (Å²) in [7, 11) is 0. The molecule has 0 atom stereocenters. The van der Waals surface area contributed by atoms with E-state index in [1.807, 2.05) is 0 Å². The van der Waals surface area contributed by atoms with E-state index in [1.54, 1.807) is 12.1 Å². The first-order valence-electron chi connectivity index (χ1n) is 4.35. The number of rotatable bonds is 1. The van der Waals surface area contributed by atoms with E-state index in [-0.39, 0.29) is 5.02 Å². The van der Waals surface area contributed by atoms with Crippen molar-refractivity contribution < 1.29 is 4.39 Å². The van der Waals surface area contributed by atoms with Crippen LogP contribution in [0.2, 0.25) is 15.1 Å². The van der Waals surface area contributed by atoms with Crippen molar-refractivity contribution in [1.82, 2.24) is 4.98 Å². The number of hydrogen-bond acceptors (Lipinski definition) is 1. The van der Waals surface area contributed by atoms with Crippen molar-refractivity contribution in [2.45, 2.75) is 0 Å². The molecule has 0 bridgehead atoms. The van der Waals surface area contributed by atoms with Gasteiger partial charge in [0.25, 0.3) is 0 Å². The third kappa shape index (κ3) is 2.14. The first-order valence-corrected chi connectivity index (χ1v) is 5.48. The molecule has 2 rings (SSSR count). The van der Waals surface area contributed by atoms with Gasteiger partial charge in [-0.25, -0.2) is 4.39 Å². The molecule has 82 valence electrons. The molecule has 0 aliphatic carbocycles. The van der Waals surface area contributed by atoms with Crippen LogP contribution in [0, 0.1) is 5.82 Å². The normalized spacial score (nSPS) is 10.5. The van der Waals surface area contributed by atoms with Gasteiger partial charge in [0, 0.05) is 5.56 Å². The van der Waals surface area contributed by atoms with Crippen LogP contribution in [0.4, 0.5) is 4.39 Å². The minimum atomic E-state index is -0.403. The summed E-state index contributed by atoms with van der Waals surface area (Å²) in [6.07, 6.45) is 1.12. The van der Waals surface area contributed by atoms with Gasteiger partial charge >= 0.3 is 0 Å². The largest absolute Gasteiger partial charge is 0.253 e. The van der Waals surface area contributed by atoms with Crippen LogP contribution in [0.15, 0.2) is 30.5 Å². The lowest BCUT2D eigenvalue weighted by Crippen LogP contribution is -1.86. The maximum absolute atomic E-state index is 12.7. The second-order valence-corrected chi connectivity index (χ2v) is 4.25. The van der Waals surface area contributed by atoms with Gasteiger partial charge in [0.1, 0.15) is 5.82 Å². The van der Waals surface area contributed by atoms with E-state index >= 15 is 0 Å². The van der Waals surface area contributed by atoms with Crippen LogP contribution in [0.25, 0.3) is 11.3 Å². The lowest BCUT2D eigenvalue weighted by molar-refractivity contribution is 0.622. The number of halogens is 4. The fourth-order valence-electron chi connectivity index (χ4n) is 1.26. The molecule has 0 amide bonds. The Morgan fingerprint density at radius 3 is 2.31 bits per heavy atom. The summed E-state index contributed by atoms with van der Waals surface area (Å²) in [6, 6.07) is 6.15. The molecule has 0 spiro atoms. The molecule has 0 saturated carbocycles. The SMILES string of the molecule is Fc1ccc(-c2ccc(Cl)c(Cl)c2Cl)nc1. The molecule has 1 heterocycles. The minimum Gasteiger partial charge on any atom is -0.253 e. The Hall–Kier alpha value is -0.830. The highest BCUT2D eigenvalue weighted by Crippen LogP contribution is 2.37. The molecule has 0 aliphatic heterocycles. The standard InChI is InChI=1S/C11H5Cl3FN/c12-8-3-2-7(10(13)11(8)14)9-4-1-6(15)5-16-9/h1-5H. The van der Waals surface area contributed by atoms with Gasteiger partial charge in [-0.3, -0.25) is 4.98 Å². The van der Waals surface area contributed by atoms with Crippen LogP contribution in [-0.4, -0.2) is 4.98 Å². The quantitative estimate of drug-likeness (QED) is 0.679.